The van der Waals surface area contributed by atoms with Crippen molar-refractivity contribution in [2.45, 2.75) is 23.3 Å². The van der Waals surface area contributed by atoms with Crippen molar-refractivity contribution in [3.63, 3.8) is 0 Å². The molecule has 1 aliphatic carbocycles. The van der Waals surface area contributed by atoms with E-state index in [1.165, 1.54) is 7.11 Å². The summed E-state index contributed by atoms with van der Waals surface area (Å²) in [6, 6.07) is 18.6. The van der Waals surface area contributed by atoms with Crippen molar-refractivity contribution < 1.29 is 23.1 Å². The van der Waals surface area contributed by atoms with Gasteiger partial charge in [-0.15, -0.1) is 0 Å². The molecule has 3 atom stereocenters. The normalized spacial score (nSPS) is 20.7. The van der Waals surface area contributed by atoms with Crippen LogP contribution in [0.3, 0.4) is 0 Å². The number of ether oxygens (including phenoxy) is 1. The molecule has 1 aliphatic heterocycles. The molecule has 0 bridgehead atoms. The maximum Gasteiger partial charge on any atom is 0.261 e. The van der Waals surface area contributed by atoms with E-state index < -0.39 is 16.0 Å². The number of carbonyl (C=O) groups is 1. The molecule has 34 heavy (non-hydrogen) atoms. The van der Waals surface area contributed by atoms with E-state index in [0.717, 1.165) is 23.2 Å². The first kappa shape index (κ1) is 22.0. The summed E-state index contributed by atoms with van der Waals surface area (Å²) in [7, 11) is -2.27. The van der Waals surface area contributed by atoms with E-state index in [-0.39, 0.29) is 28.3 Å². The fraction of sp³-hybridized carbons (Fsp3) is 0.192. The Morgan fingerprint density at radius 3 is 2.62 bits per heavy atom. The molecule has 0 saturated heterocycles. The Hall–Kier alpha value is -3.78. The van der Waals surface area contributed by atoms with Crippen molar-refractivity contribution in [3.8, 4) is 5.75 Å². The molecule has 0 spiro atoms. The van der Waals surface area contributed by atoms with Crippen LogP contribution in [0, 0.1) is 5.92 Å². The van der Waals surface area contributed by atoms with Crippen LogP contribution in [-0.4, -0.2) is 21.5 Å². The van der Waals surface area contributed by atoms with Gasteiger partial charge in [-0.2, -0.15) is 0 Å². The lowest BCUT2D eigenvalue weighted by Crippen LogP contribution is -2.29. The lowest BCUT2D eigenvalue weighted by atomic mass is 9.77. The SMILES string of the molecule is COc1cccc(NS(=O)(=O)c2ccc3c(c2)[C@@H]2C=CC[C@@H]2[C@H](c2ccc(C(=O)[O-])cc2)N3)c1. The first-order valence-corrected chi connectivity index (χ1v) is 12.4. The van der Waals surface area contributed by atoms with Gasteiger partial charge in [-0.1, -0.05) is 42.5 Å². The topological polar surface area (TPSA) is 108 Å². The summed E-state index contributed by atoms with van der Waals surface area (Å²) in [6.07, 6.45) is 5.08. The Kier molecular flexibility index (Phi) is 5.53. The maximum absolute atomic E-state index is 13.1. The van der Waals surface area contributed by atoms with Gasteiger partial charge in [-0.3, -0.25) is 4.72 Å². The third kappa shape index (κ3) is 4.01. The van der Waals surface area contributed by atoms with Crippen LogP contribution in [-0.2, 0) is 10.0 Å². The number of carbonyl (C=O) groups excluding carboxylic acids is 1. The third-order valence-electron chi connectivity index (χ3n) is 6.47. The number of sulfonamides is 1. The number of rotatable bonds is 6. The fourth-order valence-electron chi connectivity index (χ4n) is 4.80. The molecule has 0 saturated carbocycles. The lowest BCUT2D eigenvalue weighted by molar-refractivity contribution is -0.255. The highest BCUT2D eigenvalue weighted by Crippen LogP contribution is 2.50. The first-order chi connectivity index (χ1) is 16.4. The van der Waals surface area contributed by atoms with E-state index in [2.05, 4.69) is 22.2 Å². The summed E-state index contributed by atoms with van der Waals surface area (Å²) in [5.74, 6) is -0.405. The number of carboxylic acid groups (broad SMARTS) is 1. The van der Waals surface area contributed by atoms with Crippen molar-refractivity contribution in [1.82, 2.24) is 0 Å². The van der Waals surface area contributed by atoms with Crippen molar-refractivity contribution >= 4 is 27.4 Å². The lowest BCUT2D eigenvalue weighted by Gasteiger charge is -2.37. The third-order valence-corrected chi connectivity index (χ3v) is 7.85. The van der Waals surface area contributed by atoms with Crippen molar-refractivity contribution in [3.05, 3.63) is 95.6 Å². The second-order valence-corrected chi connectivity index (χ2v) is 10.2. The van der Waals surface area contributed by atoms with Gasteiger partial charge in [0.2, 0.25) is 0 Å². The summed E-state index contributed by atoms with van der Waals surface area (Å²) in [6.45, 7) is 0. The minimum Gasteiger partial charge on any atom is -0.545 e. The molecule has 3 aromatic carbocycles. The van der Waals surface area contributed by atoms with Gasteiger partial charge in [0.25, 0.3) is 10.0 Å². The smallest absolute Gasteiger partial charge is 0.261 e. The van der Waals surface area contributed by atoms with E-state index in [1.54, 1.807) is 66.7 Å². The number of allylic oxidation sites excluding steroid dienone is 2. The van der Waals surface area contributed by atoms with Crippen molar-refractivity contribution in [2.75, 3.05) is 17.1 Å². The average Bonchev–Trinajstić information content (AvgIpc) is 3.33. The quantitative estimate of drug-likeness (QED) is 0.527. The number of hydrogen-bond donors (Lipinski definition) is 2. The predicted molar refractivity (Wildman–Crippen MR) is 127 cm³/mol. The molecular formula is C26H23N2O5S-. The number of carboxylic acids is 1. The van der Waals surface area contributed by atoms with Crippen LogP contribution in [0.25, 0.3) is 0 Å². The van der Waals surface area contributed by atoms with Gasteiger partial charge < -0.3 is 20.0 Å². The summed E-state index contributed by atoms with van der Waals surface area (Å²) in [5.41, 5.74) is 3.33. The number of anilines is 2. The molecule has 8 heteroatoms. The number of nitrogens with one attached hydrogen (secondary N) is 2. The monoisotopic (exact) mass is 475 g/mol. The summed E-state index contributed by atoms with van der Waals surface area (Å²) >= 11 is 0. The molecule has 7 nitrogen and oxygen atoms in total. The zero-order chi connectivity index (χ0) is 23.9. The highest BCUT2D eigenvalue weighted by molar-refractivity contribution is 7.92. The van der Waals surface area contributed by atoms with Gasteiger partial charge in [0.1, 0.15) is 5.75 Å². The standard InChI is InChI=1S/C26H24N2O5S/c1-33-19-5-2-4-18(14-19)28-34(31,32)20-12-13-24-23(15-20)21-6-3-7-22(21)25(27-24)16-8-10-17(11-9-16)26(29)30/h2-6,8-15,21-22,25,27-28H,7H2,1H3,(H,29,30)/p-1/t21-,22+,25+/m1/s1. The maximum atomic E-state index is 13.1. The Morgan fingerprint density at radius 2 is 1.88 bits per heavy atom. The van der Waals surface area contributed by atoms with Crippen LogP contribution in [0.15, 0.2) is 83.8 Å². The van der Waals surface area contributed by atoms with Gasteiger partial charge in [0.05, 0.1) is 29.7 Å². The van der Waals surface area contributed by atoms with Crippen LogP contribution < -0.4 is 19.9 Å². The van der Waals surface area contributed by atoms with Crippen molar-refractivity contribution in [2.24, 2.45) is 5.92 Å². The van der Waals surface area contributed by atoms with E-state index in [0.29, 0.717) is 11.4 Å². The van der Waals surface area contributed by atoms with E-state index in [4.69, 9.17) is 4.74 Å². The Morgan fingerprint density at radius 1 is 1.09 bits per heavy atom. The molecule has 5 rings (SSSR count). The van der Waals surface area contributed by atoms with Gasteiger partial charge in [0, 0.05) is 17.7 Å². The van der Waals surface area contributed by atoms with Crippen molar-refractivity contribution in [1.29, 1.82) is 0 Å². The second kappa shape index (κ2) is 8.53. The molecule has 174 valence electrons. The number of aromatic carboxylic acids is 1. The Bertz CT molecular complexity index is 1380. The van der Waals surface area contributed by atoms with Gasteiger partial charge in [0.15, 0.2) is 0 Å². The Balaban J connectivity index is 1.45. The molecule has 0 radical (unpaired) electrons. The molecular weight excluding hydrogens is 452 g/mol. The largest absolute Gasteiger partial charge is 0.545 e. The van der Waals surface area contributed by atoms with Gasteiger partial charge in [-0.05, 0) is 59.4 Å². The minimum absolute atomic E-state index is 0.0272. The highest BCUT2D eigenvalue weighted by Gasteiger charge is 2.38. The molecule has 0 fully saturated rings. The van der Waals surface area contributed by atoms with Crippen LogP contribution in [0.5, 0.6) is 5.75 Å². The molecule has 0 unspecified atom stereocenters. The molecule has 0 aromatic heterocycles. The predicted octanol–water partition coefficient (Wildman–Crippen LogP) is 3.69. The number of fused-ring (bicyclic) bond motifs is 3. The Labute approximate surface area is 198 Å². The van der Waals surface area contributed by atoms with Crippen LogP contribution in [0.2, 0.25) is 0 Å². The molecule has 0 amide bonds. The van der Waals surface area contributed by atoms with Crippen LogP contribution >= 0.6 is 0 Å². The fourth-order valence-corrected chi connectivity index (χ4v) is 5.88. The van der Waals surface area contributed by atoms with E-state index in [9.17, 15) is 18.3 Å². The highest BCUT2D eigenvalue weighted by atomic mass is 32.2. The zero-order valence-electron chi connectivity index (χ0n) is 18.4. The summed E-state index contributed by atoms with van der Waals surface area (Å²) in [5, 5.41) is 14.6. The molecule has 3 aromatic rings. The van der Waals surface area contributed by atoms with Gasteiger partial charge in [-0.25, -0.2) is 8.42 Å². The van der Waals surface area contributed by atoms with E-state index >= 15 is 0 Å². The number of methoxy groups -OCH3 is 1. The van der Waals surface area contributed by atoms with Crippen LogP contribution in [0.1, 0.15) is 39.9 Å². The first-order valence-electron chi connectivity index (χ1n) is 10.9. The molecule has 1 heterocycles. The van der Waals surface area contributed by atoms with Gasteiger partial charge >= 0.3 is 0 Å². The minimum atomic E-state index is -3.80. The van der Waals surface area contributed by atoms with E-state index in [1.807, 2.05) is 0 Å². The van der Waals surface area contributed by atoms with Crippen LogP contribution in [0.4, 0.5) is 11.4 Å². The molecule has 2 aliphatic rings. The number of benzene rings is 3. The second-order valence-electron chi connectivity index (χ2n) is 8.47. The number of hydrogen-bond acceptors (Lipinski definition) is 6. The summed E-state index contributed by atoms with van der Waals surface area (Å²) < 4.78 is 34.0. The summed E-state index contributed by atoms with van der Waals surface area (Å²) in [4.78, 5) is 11.3. The zero-order valence-corrected chi connectivity index (χ0v) is 19.2. The average molecular weight is 476 g/mol. The molecule has 2 N–H and O–H groups in total.